The van der Waals surface area contributed by atoms with Crippen molar-refractivity contribution in [2.45, 2.75) is 19.8 Å². The van der Waals surface area contributed by atoms with Crippen LogP contribution in [0, 0.1) is 18.6 Å². The lowest BCUT2D eigenvalue weighted by Gasteiger charge is -2.04. The number of H-pyrrole nitrogens is 1. The molecule has 100 valence electrons. The minimum Gasteiger partial charge on any atom is -0.481 e. The number of benzene rings is 1. The maximum Gasteiger partial charge on any atom is 0.303 e. The van der Waals surface area contributed by atoms with E-state index in [4.69, 9.17) is 5.11 Å². The number of carbonyl (C=O) groups is 1. The van der Waals surface area contributed by atoms with E-state index in [1.54, 1.807) is 6.92 Å². The van der Waals surface area contributed by atoms with Gasteiger partial charge >= 0.3 is 5.97 Å². The summed E-state index contributed by atoms with van der Waals surface area (Å²) in [6.07, 6.45) is 0.167. The largest absolute Gasteiger partial charge is 0.481 e. The third-order valence-corrected chi connectivity index (χ3v) is 2.85. The van der Waals surface area contributed by atoms with E-state index in [1.807, 2.05) is 0 Å². The number of carboxylic acids is 1. The van der Waals surface area contributed by atoms with Crippen LogP contribution < -0.4 is 0 Å². The molecule has 0 saturated carbocycles. The van der Waals surface area contributed by atoms with Crippen LogP contribution in [-0.2, 0) is 11.2 Å². The van der Waals surface area contributed by atoms with E-state index in [-0.39, 0.29) is 18.4 Å². The monoisotopic (exact) mass is 266 g/mol. The molecule has 0 bridgehead atoms. The Bertz CT molecular complexity index is 623. The standard InChI is InChI=1S/C13H12F2N2O2/c1-7-9(4-5-12(18)19)13(17-16-7)10-3-2-8(14)6-11(10)15/h2-3,6H,4-5H2,1H3,(H,16,17)(H,18,19). The Labute approximate surface area is 108 Å². The van der Waals surface area contributed by atoms with Crippen molar-refractivity contribution >= 4 is 5.97 Å². The number of aromatic amines is 1. The normalized spacial score (nSPS) is 10.7. The van der Waals surface area contributed by atoms with Gasteiger partial charge in [-0.3, -0.25) is 9.89 Å². The Morgan fingerprint density at radius 1 is 1.42 bits per heavy atom. The summed E-state index contributed by atoms with van der Waals surface area (Å²) in [6.45, 7) is 1.73. The molecule has 0 aliphatic carbocycles. The fourth-order valence-corrected chi connectivity index (χ4v) is 1.89. The van der Waals surface area contributed by atoms with Crippen LogP contribution in [0.2, 0.25) is 0 Å². The van der Waals surface area contributed by atoms with E-state index in [2.05, 4.69) is 10.2 Å². The number of hydrogen-bond donors (Lipinski definition) is 2. The highest BCUT2D eigenvalue weighted by Crippen LogP contribution is 2.27. The zero-order valence-electron chi connectivity index (χ0n) is 10.2. The zero-order valence-corrected chi connectivity index (χ0v) is 10.2. The highest BCUT2D eigenvalue weighted by molar-refractivity contribution is 5.69. The average molecular weight is 266 g/mol. The molecule has 2 aromatic rings. The molecule has 0 aliphatic heterocycles. The second-order valence-electron chi connectivity index (χ2n) is 4.19. The SMILES string of the molecule is Cc1[nH]nc(-c2ccc(F)cc2F)c1CCC(=O)O. The number of aryl methyl sites for hydroxylation is 1. The fraction of sp³-hybridized carbons (Fsp3) is 0.231. The van der Waals surface area contributed by atoms with Crippen LogP contribution in [0.1, 0.15) is 17.7 Å². The molecule has 0 fully saturated rings. The molecule has 0 spiro atoms. The molecule has 0 saturated heterocycles. The maximum absolute atomic E-state index is 13.7. The van der Waals surface area contributed by atoms with Crippen molar-refractivity contribution in [3.63, 3.8) is 0 Å². The molecule has 0 atom stereocenters. The minimum absolute atomic E-state index is 0.0732. The van der Waals surface area contributed by atoms with Gasteiger partial charge in [0.2, 0.25) is 0 Å². The fourth-order valence-electron chi connectivity index (χ4n) is 1.89. The lowest BCUT2D eigenvalue weighted by atomic mass is 10.0. The quantitative estimate of drug-likeness (QED) is 0.894. The predicted molar refractivity (Wildman–Crippen MR) is 64.6 cm³/mol. The molecule has 19 heavy (non-hydrogen) atoms. The van der Waals surface area contributed by atoms with Gasteiger partial charge in [0.1, 0.15) is 11.6 Å². The number of carboxylic acid groups (broad SMARTS) is 1. The molecule has 2 rings (SSSR count). The van der Waals surface area contributed by atoms with E-state index < -0.39 is 17.6 Å². The molecular formula is C13H12F2N2O2. The van der Waals surface area contributed by atoms with Gasteiger partial charge in [0.25, 0.3) is 0 Å². The van der Waals surface area contributed by atoms with E-state index in [1.165, 1.54) is 6.07 Å². The summed E-state index contributed by atoms with van der Waals surface area (Å²) in [6, 6.07) is 3.22. The molecule has 1 heterocycles. The van der Waals surface area contributed by atoms with Crippen molar-refractivity contribution in [3.8, 4) is 11.3 Å². The molecule has 6 heteroatoms. The third-order valence-electron chi connectivity index (χ3n) is 2.85. The van der Waals surface area contributed by atoms with Crippen molar-refractivity contribution < 1.29 is 18.7 Å². The molecule has 0 unspecified atom stereocenters. The average Bonchev–Trinajstić information content (AvgIpc) is 2.68. The smallest absolute Gasteiger partial charge is 0.303 e. The van der Waals surface area contributed by atoms with Crippen LogP contribution in [0.4, 0.5) is 8.78 Å². The van der Waals surface area contributed by atoms with Crippen LogP contribution >= 0.6 is 0 Å². The summed E-state index contributed by atoms with van der Waals surface area (Å²) in [5.41, 5.74) is 1.80. The predicted octanol–water partition coefficient (Wildman–Crippen LogP) is 2.68. The van der Waals surface area contributed by atoms with Crippen LogP contribution in [-0.4, -0.2) is 21.3 Å². The Balaban J connectivity index is 2.42. The summed E-state index contributed by atoms with van der Waals surface area (Å²) in [7, 11) is 0. The van der Waals surface area contributed by atoms with E-state index in [0.29, 0.717) is 17.0 Å². The summed E-state index contributed by atoms with van der Waals surface area (Å²) < 4.78 is 26.6. The van der Waals surface area contributed by atoms with Gasteiger partial charge in [-0.2, -0.15) is 5.10 Å². The second-order valence-corrected chi connectivity index (χ2v) is 4.19. The second kappa shape index (κ2) is 5.17. The Hall–Kier alpha value is -2.24. The Morgan fingerprint density at radius 2 is 2.16 bits per heavy atom. The van der Waals surface area contributed by atoms with Crippen molar-refractivity contribution in [2.24, 2.45) is 0 Å². The highest BCUT2D eigenvalue weighted by Gasteiger charge is 2.16. The third kappa shape index (κ3) is 2.78. The number of nitrogens with one attached hydrogen (secondary N) is 1. The van der Waals surface area contributed by atoms with Crippen LogP contribution in [0.15, 0.2) is 18.2 Å². The van der Waals surface area contributed by atoms with Crippen molar-refractivity contribution in [3.05, 3.63) is 41.1 Å². The minimum atomic E-state index is -0.939. The topological polar surface area (TPSA) is 66.0 Å². The molecule has 2 N–H and O–H groups in total. The first-order valence-electron chi connectivity index (χ1n) is 5.70. The maximum atomic E-state index is 13.7. The van der Waals surface area contributed by atoms with Crippen LogP contribution in [0.5, 0.6) is 0 Å². The van der Waals surface area contributed by atoms with E-state index >= 15 is 0 Å². The number of rotatable bonds is 4. The summed E-state index contributed by atoms with van der Waals surface area (Å²) in [4.78, 5) is 10.6. The molecule has 1 aromatic heterocycles. The molecule has 0 aliphatic rings. The van der Waals surface area contributed by atoms with E-state index in [0.717, 1.165) is 12.1 Å². The van der Waals surface area contributed by atoms with Crippen LogP contribution in [0.25, 0.3) is 11.3 Å². The van der Waals surface area contributed by atoms with Gasteiger partial charge in [-0.1, -0.05) is 0 Å². The van der Waals surface area contributed by atoms with Crippen LogP contribution in [0.3, 0.4) is 0 Å². The van der Waals surface area contributed by atoms with Gasteiger partial charge in [0, 0.05) is 29.3 Å². The van der Waals surface area contributed by atoms with Crippen molar-refractivity contribution in [1.29, 1.82) is 0 Å². The number of hydrogen-bond acceptors (Lipinski definition) is 2. The summed E-state index contributed by atoms with van der Waals surface area (Å²) in [5, 5.41) is 15.4. The van der Waals surface area contributed by atoms with Gasteiger partial charge < -0.3 is 5.11 Å². The molecule has 0 radical (unpaired) electrons. The van der Waals surface area contributed by atoms with Gasteiger partial charge in [0.05, 0.1) is 5.69 Å². The molecule has 0 amide bonds. The first kappa shape index (κ1) is 13.2. The molecule has 1 aromatic carbocycles. The highest BCUT2D eigenvalue weighted by atomic mass is 19.1. The number of aliphatic carboxylic acids is 1. The Kier molecular flexibility index (Phi) is 3.59. The zero-order chi connectivity index (χ0) is 14.0. The lowest BCUT2D eigenvalue weighted by molar-refractivity contribution is -0.136. The lowest BCUT2D eigenvalue weighted by Crippen LogP contribution is -1.99. The van der Waals surface area contributed by atoms with Gasteiger partial charge in [-0.25, -0.2) is 8.78 Å². The summed E-state index contributed by atoms with van der Waals surface area (Å²) >= 11 is 0. The first-order valence-corrected chi connectivity index (χ1v) is 5.70. The molecular weight excluding hydrogens is 254 g/mol. The van der Waals surface area contributed by atoms with Gasteiger partial charge in [-0.05, 0) is 25.5 Å². The Morgan fingerprint density at radius 3 is 2.79 bits per heavy atom. The van der Waals surface area contributed by atoms with E-state index in [9.17, 15) is 13.6 Å². The number of halogens is 2. The first-order chi connectivity index (χ1) is 8.99. The van der Waals surface area contributed by atoms with Crippen molar-refractivity contribution in [1.82, 2.24) is 10.2 Å². The van der Waals surface area contributed by atoms with Gasteiger partial charge in [-0.15, -0.1) is 0 Å². The number of nitrogens with zero attached hydrogens (tertiary/aromatic N) is 1. The van der Waals surface area contributed by atoms with Crippen molar-refractivity contribution in [2.75, 3.05) is 0 Å². The molecule has 4 nitrogen and oxygen atoms in total. The van der Waals surface area contributed by atoms with Gasteiger partial charge in [0.15, 0.2) is 0 Å². The summed E-state index contributed by atoms with van der Waals surface area (Å²) in [5.74, 6) is -2.32. The number of aromatic nitrogens is 2.